The summed E-state index contributed by atoms with van der Waals surface area (Å²) in [6.45, 7) is 0. The summed E-state index contributed by atoms with van der Waals surface area (Å²) in [5, 5.41) is 0. The van der Waals surface area contributed by atoms with Gasteiger partial charge in [0.15, 0.2) is 0 Å². The molecule has 2 unspecified atom stereocenters. The molecule has 2 atom stereocenters. The number of hydrogen-bond acceptors (Lipinski definition) is 6. The second-order valence-electron chi connectivity index (χ2n) is 6.00. The Morgan fingerprint density at radius 3 is 2.27 bits per heavy atom. The number of fused-ring (bicyclic) bond motifs is 2. The van der Waals surface area contributed by atoms with Gasteiger partial charge in [-0.25, -0.2) is 9.97 Å². The van der Waals surface area contributed by atoms with Gasteiger partial charge in [0.1, 0.15) is 11.6 Å². The summed E-state index contributed by atoms with van der Waals surface area (Å²) < 4.78 is 0. The Morgan fingerprint density at radius 2 is 1.50 bits per heavy atom. The predicted octanol–water partition coefficient (Wildman–Crippen LogP) is 0.700. The molecule has 4 rings (SSSR count). The van der Waals surface area contributed by atoms with Gasteiger partial charge in [0, 0.05) is 24.5 Å². The molecule has 2 aromatic heterocycles. The minimum Gasteiger partial charge on any atom is -0.384 e. The quantitative estimate of drug-likeness (QED) is 0.566. The van der Waals surface area contributed by atoms with Gasteiger partial charge in [-0.1, -0.05) is 0 Å². The summed E-state index contributed by atoms with van der Waals surface area (Å²) in [5.74, 6) is 1.17. The third-order valence-electron chi connectivity index (χ3n) is 4.24. The number of aryl methyl sites for hydroxylation is 1. The molecule has 0 fully saturated rings. The Morgan fingerprint density at radius 1 is 0.864 bits per heavy atom. The van der Waals surface area contributed by atoms with E-state index >= 15 is 0 Å². The van der Waals surface area contributed by atoms with Gasteiger partial charge in [-0.05, 0) is 60.1 Å². The zero-order chi connectivity index (χ0) is 15.7. The normalized spacial score (nSPS) is 21.7. The predicted molar refractivity (Wildman–Crippen MR) is 87.9 cm³/mol. The van der Waals surface area contributed by atoms with Crippen LogP contribution in [0.2, 0.25) is 0 Å². The molecule has 0 amide bonds. The van der Waals surface area contributed by atoms with Crippen molar-refractivity contribution >= 4 is 11.6 Å². The molecule has 2 aliphatic rings. The van der Waals surface area contributed by atoms with Crippen molar-refractivity contribution in [3.05, 3.63) is 46.8 Å². The fraction of sp³-hybridized carbons (Fsp3) is 0.375. The molecule has 2 aliphatic carbocycles. The summed E-state index contributed by atoms with van der Waals surface area (Å²) >= 11 is 0. The van der Waals surface area contributed by atoms with Crippen LogP contribution in [-0.4, -0.2) is 16.0 Å². The SMILES string of the molecule is Nc1cc2c(cn1)CC(N)C2.Nc1cc2c(cn1)CCC2N. The molecule has 2 aromatic rings. The highest BCUT2D eigenvalue weighted by Gasteiger charge is 2.19. The molecule has 0 spiro atoms. The molecule has 6 heteroatoms. The number of rotatable bonds is 0. The first-order chi connectivity index (χ1) is 10.5. The minimum absolute atomic E-state index is 0.176. The van der Waals surface area contributed by atoms with Gasteiger partial charge in [0.25, 0.3) is 0 Å². The number of nitrogens with zero attached hydrogens (tertiary/aromatic N) is 2. The van der Waals surface area contributed by atoms with Crippen LogP contribution >= 0.6 is 0 Å². The molecule has 22 heavy (non-hydrogen) atoms. The van der Waals surface area contributed by atoms with Crippen molar-refractivity contribution in [2.75, 3.05) is 11.5 Å². The monoisotopic (exact) mass is 298 g/mol. The van der Waals surface area contributed by atoms with Gasteiger partial charge < -0.3 is 22.9 Å². The lowest BCUT2D eigenvalue weighted by molar-refractivity contribution is 0.713. The van der Waals surface area contributed by atoms with Crippen molar-refractivity contribution in [2.24, 2.45) is 11.5 Å². The summed E-state index contributed by atoms with van der Waals surface area (Å²) in [4.78, 5) is 8.01. The molecule has 0 aliphatic heterocycles. The van der Waals surface area contributed by atoms with Crippen LogP contribution in [0.15, 0.2) is 24.5 Å². The maximum absolute atomic E-state index is 5.83. The third kappa shape index (κ3) is 3.03. The van der Waals surface area contributed by atoms with Gasteiger partial charge in [-0.15, -0.1) is 0 Å². The van der Waals surface area contributed by atoms with Crippen LogP contribution in [0.5, 0.6) is 0 Å². The molecule has 116 valence electrons. The van der Waals surface area contributed by atoms with Crippen LogP contribution in [0.25, 0.3) is 0 Å². The van der Waals surface area contributed by atoms with E-state index in [0.717, 1.165) is 25.7 Å². The molecule has 0 radical (unpaired) electrons. The van der Waals surface area contributed by atoms with Crippen LogP contribution < -0.4 is 22.9 Å². The molecule has 0 saturated heterocycles. The molecule has 0 bridgehead atoms. The topological polar surface area (TPSA) is 130 Å². The lowest BCUT2D eigenvalue weighted by atomic mass is 10.1. The summed E-state index contributed by atoms with van der Waals surface area (Å²) in [6.07, 6.45) is 7.63. The van der Waals surface area contributed by atoms with E-state index in [4.69, 9.17) is 22.9 Å². The van der Waals surface area contributed by atoms with E-state index in [2.05, 4.69) is 9.97 Å². The van der Waals surface area contributed by atoms with E-state index in [1.165, 1.54) is 22.3 Å². The van der Waals surface area contributed by atoms with Gasteiger partial charge in [0.2, 0.25) is 0 Å². The van der Waals surface area contributed by atoms with Crippen molar-refractivity contribution < 1.29 is 0 Å². The molecule has 2 heterocycles. The smallest absolute Gasteiger partial charge is 0.123 e. The number of anilines is 2. The second kappa shape index (κ2) is 5.90. The molecule has 6 nitrogen and oxygen atoms in total. The van der Waals surface area contributed by atoms with E-state index in [9.17, 15) is 0 Å². The average Bonchev–Trinajstić information content (AvgIpc) is 3.02. The van der Waals surface area contributed by atoms with E-state index in [1.807, 2.05) is 24.5 Å². The first-order valence-corrected chi connectivity index (χ1v) is 7.51. The zero-order valence-corrected chi connectivity index (χ0v) is 12.5. The molecule has 0 aromatic carbocycles. The maximum Gasteiger partial charge on any atom is 0.123 e. The molecular formula is C16H22N6. The lowest BCUT2D eigenvalue weighted by Crippen LogP contribution is -2.18. The second-order valence-corrected chi connectivity index (χ2v) is 6.00. The largest absolute Gasteiger partial charge is 0.384 e. The fourth-order valence-electron chi connectivity index (χ4n) is 3.09. The number of nitrogen functional groups attached to an aromatic ring is 2. The van der Waals surface area contributed by atoms with Crippen molar-refractivity contribution in [1.82, 2.24) is 9.97 Å². The highest BCUT2D eigenvalue weighted by Crippen LogP contribution is 2.29. The van der Waals surface area contributed by atoms with Gasteiger partial charge in [-0.2, -0.15) is 0 Å². The average molecular weight is 298 g/mol. The highest BCUT2D eigenvalue weighted by atomic mass is 14.8. The first kappa shape index (κ1) is 14.7. The molecule has 8 N–H and O–H groups in total. The van der Waals surface area contributed by atoms with Crippen LogP contribution in [0.1, 0.15) is 34.7 Å². The highest BCUT2D eigenvalue weighted by molar-refractivity contribution is 5.41. The van der Waals surface area contributed by atoms with Crippen molar-refractivity contribution in [1.29, 1.82) is 0 Å². The number of nitrogens with two attached hydrogens (primary N) is 4. The Labute approximate surface area is 129 Å². The van der Waals surface area contributed by atoms with Crippen molar-refractivity contribution in [2.45, 2.75) is 37.8 Å². The maximum atomic E-state index is 5.83. The lowest BCUT2D eigenvalue weighted by Gasteiger charge is -2.03. The summed E-state index contributed by atoms with van der Waals surface area (Å²) in [7, 11) is 0. The van der Waals surface area contributed by atoms with Crippen LogP contribution in [-0.2, 0) is 19.3 Å². The third-order valence-corrected chi connectivity index (χ3v) is 4.24. The Bertz CT molecular complexity index is 684. The number of hydrogen-bond donors (Lipinski definition) is 4. The summed E-state index contributed by atoms with van der Waals surface area (Å²) in [6, 6.07) is 4.25. The van der Waals surface area contributed by atoms with E-state index in [1.54, 1.807) is 0 Å². The van der Waals surface area contributed by atoms with Crippen molar-refractivity contribution in [3.63, 3.8) is 0 Å². The van der Waals surface area contributed by atoms with Crippen LogP contribution in [0.4, 0.5) is 11.6 Å². The van der Waals surface area contributed by atoms with Gasteiger partial charge in [0.05, 0.1) is 0 Å². The Kier molecular flexibility index (Phi) is 3.96. The first-order valence-electron chi connectivity index (χ1n) is 7.51. The Hall–Kier alpha value is -2.18. The van der Waals surface area contributed by atoms with Gasteiger partial charge >= 0.3 is 0 Å². The molecule has 0 saturated carbocycles. The standard InChI is InChI=1S/2C8H11N3/c9-7-1-5-3-8(10)11-4-6(5)2-7;9-7-2-1-5-4-11-8(10)3-6(5)7/h2*3-4,7H,1-2,9H2,(H2,10,11). The minimum atomic E-state index is 0.176. The van der Waals surface area contributed by atoms with E-state index in [0.29, 0.717) is 11.6 Å². The van der Waals surface area contributed by atoms with Gasteiger partial charge in [-0.3, -0.25) is 0 Å². The number of aromatic nitrogens is 2. The van der Waals surface area contributed by atoms with E-state index in [-0.39, 0.29) is 12.1 Å². The Balaban J connectivity index is 0.000000131. The fourth-order valence-corrected chi connectivity index (χ4v) is 3.09. The van der Waals surface area contributed by atoms with E-state index < -0.39 is 0 Å². The van der Waals surface area contributed by atoms with Crippen LogP contribution in [0, 0.1) is 0 Å². The molecular weight excluding hydrogens is 276 g/mol. The van der Waals surface area contributed by atoms with Crippen molar-refractivity contribution in [3.8, 4) is 0 Å². The van der Waals surface area contributed by atoms with Crippen LogP contribution in [0.3, 0.4) is 0 Å². The zero-order valence-electron chi connectivity index (χ0n) is 12.5. The number of pyridine rings is 2. The summed E-state index contributed by atoms with van der Waals surface area (Å²) in [5.41, 5.74) is 27.6.